The zero-order valence-electron chi connectivity index (χ0n) is 9.30. The van der Waals surface area contributed by atoms with Crippen molar-refractivity contribution in [1.82, 2.24) is 10.2 Å². The molecule has 0 aliphatic heterocycles. The van der Waals surface area contributed by atoms with E-state index in [0.29, 0.717) is 11.6 Å². The third-order valence-corrected chi connectivity index (χ3v) is 2.29. The average molecular weight is 229 g/mol. The molecule has 0 radical (unpaired) electrons. The number of nitrogens with zero attached hydrogens (tertiary/aromatic N) is 2. The Balaban J connectivity index is 2.36. The van der Waals surface area contributed by atoms with Crippen LogP contribution in [0.15, 0.2) is 41.7 Å². The van der Waals surface area contributed by atoms with Crippen LogP contribution in [0.4, 0.5) is 5.69 Å². The Labute approximate surface area is 98.2 Å². The van der Waals surface area contributed by atoms with E-state index in [-0.39, 0.29) is 5.91 Å². The lowest BCUT2D eigenvalue weighted by Crippen LogP contribution is -2.08. The Hall–Kier alpha value is -2.43. The molecule has 1 aromatic carbocycles. The summed E-state index contributed by atoms with van der Waals surface area (Å²) in [6.07, 6.45) is 2.48. The molecule has 86 valence electrons. The molecule has 0 fully saturated rings. The summed E-state index contributed by atoms with van der Waals surface area (Å²) in [6.45, 7) is 5.30. The summed E-state index contributed by atoms with van der Waals surface area (Å²) in [6, 6.07) is 5.51. The van der Waals surface area contributed by atoms with E-state index in [1.54, 1.807) is 6.07 Å². The summed E-state index contributed by atoms with van der Waals surface area (Å²) < 4.78 is 5.09. The first kappa shape index (κ1) is 11.1. The highest BCUT2D eigenvalue weighted by atomic mass is 16.4. The van der Waals surface area contributed by atoms with E-state index in [1.165, 1.54) is 12.5 Å². The van der Waals surface area contributed by atoms with E-state index in [2.05, 4.69) is 22.1 Å². The maximum absolute atomic E-state index is 11.3. The number of amides is 1. The molecule has 1 heterocycles. The highest BCUT2D eigenvalue weighted by Crippen LogP contribution is 2.23. The van der Waals surface area contributed by atoms with Gasteiger partial charge in [0.2, 0.25) is 18.2 Å². The molecule has 5 heteroatoms. The van der Waals surface area contributed by atoms with Crippen LogP contribution in [0.1, 0.15) is 5.56 Å². The van der Waals surface area contributed by atoms with Gasteiger partial charge < -0.3 is 9.73 Å². The molecular weight excluding hydrogens is 218 g/mol. The number of hydrogen-bond donors (Lipinski definition) is 1. The molecule has 0 saturated carbocycles. The van der Waals surface area contributed by atoms with Crippen molar-refractivity contribution in [1.29, 1.82) is 0 Å². The largest absolute Gasteiger partial charge is 0.423 e. The number of hydrogen-bond acceptors (Lipinski definition) is 4. The summed E-state index contributed by atoms with van der Waals surface area (Å²) in [7, 11) is 0. The molecule has 2 aromatic rings. The molecule has 0 saturated heterocycles. The molecule has 0 spiro atoms. The van der Waals surface area contributed by atoms with Crippen LogP contribution in [0.25, 0.3) is 11.5 Å². The highest BCUT2D eigenvalue weighted by Gasteiger charge is 2.07. The normalized spacial score (nSPS) is 9.94. The van der Waals surface area contributed by atoms with Gasteiger partial charge in [0, 0.05) is 11.3 Å². The van der Waals surface area contributed by atoms with E-state index in [1.807, 2.05) is 19.1 Å². The third kappa shape index (κ3) is 2.39. The first-order valence-electron chi connectivity index (χ1n) is 5.01. The van der Waals surface area contributed by atoms with Crippen molar-refractivity contribution in [2.75, 3.05) is 5.32 Å². The van der Waals surface area contributed by atoms with Crippen LogP contribution < -0.4 is 5.32 Å². The van der Waals surface area contributed by atoms with Gasteiger partial charge in [-0.1, -0.05) is 12.6 Å². The molecule has 1 aromatic heterocycles. The first-order chi connectivity index (χ1) is 8.20. The summed E-state index contributed by atoms with van der Waals surface area (Å²) in [5.74, 6) is 0.162. The van der Waals surface area contributed by atoms with Gasteiger partial charge in [0.1, 0.15) is 0 Å². The molecule has 1 amide bonds. The van der Waals surface area contributed by atoms with Gasteiger partial charge in [-0.05, 0) is 30.7 Å². The van der Waals surface area contributed by atoms with Gasteiger partial charge in [-0.15, -0.1) is 10.2 Å². The van der Waals surface area contributed by atoms with Gasteiger partial charge in [-0.2, -0.15) is 0 Å². The van der Waals surface area contributed by atoms with Crippen molar-refractivity contribution >= 4 is 11.6 Å². The van der Waals surface area contributed by atoms with Crippen molar-refractivity contribution in [3.8, 4) is 11.5 Å². The van der Waals surface area contributed by atoms with Crippen LogP contribution >= 0.6 is 0 Å². The lowest BCUT2D eigenvalue weighted by Gasteiger charge is -2.07. The van der Waals surface area contributed by atoms with E-state index in [0.717, 1.165) is 11.1 Å². The van der Waals surface area contributed by atoms with Crippen LogP contribution in [0.3, 0.4) is 0 Å². The van der Waals surface area contributed by atoms with E-state index in [9.17, 15) is 4.79 Å². The Morgan fingerprint density at radius 1 is 1.53 bits per heavy atom. The van der Waals surface area contributed by atoms with Crippen molar-refractivity contribution in [2.45, 2.75) is 6.92 Å². The second-order valence-electron chi connectivity index (χ2n) is 3.47. The molecule has 0 bridgehead atoms. The summed E-state index contributed by atoms with van der Waals surface area (Å²) in [5.41, 5.74) is 2.40. The smallest absolute Gasteiger partial charge is 0.247 e. The third-order valence-electron chi connectivity index (χ3n) is 2.29. The summed E-state index contributed by atoms with van der Waals surface area (Å²) in [5, 5.41) is 10.1. The zero-order chi connectivity index (χ0) is 12.3. The van der Waals surface area contributed by atoms with E-state index >= 15 is 0 Å². The molecule has 1 N–H and O–H groups in total. The molecule has 2 rings (SSSR count). The molecule has 5 nitrogen and oxygen atoms in total. The molecule has 0 atom stereocenters. The van der Waals surface area contributed by atoms with Gasteiger partial charge in [0.25, 0.3) is 0 Å². The number of rotatable bonds is 3. The fraction of sp³-hybridized carbons (Fsp3) is 0.0833. The standard InChI is InChI=1S/C12H11N3O2/c1-3-11(16)14-10-6-9(5-4-8(10)2)12-15-13-7-17-12/h3-7H,1H2,2H3,(H,14,16). The molecule has 17 heavy (non-hydrogen) atoms. The van der Waals surface area contributed by atoms with E-state index < -0.39 is 0 Å². The Morgan fingerprint density at radius 2 is 2.35 bits per heavy atom. The van der Waals surface area contributed by atoms with Crippen molar-refractivity contribution in [3.05, 3.63) is 42.8 Å². The number of aryl methyl sites for hydroxylation is 1. The van der Waals surface area contributed by atoms with Gasteiger partial charge in [-0.25, -0.2) is 0 Å². The predicted molar refractivity (Wildman–Crippen MR) is 63.3 cm³/mol. The number of carbonyl (C=O) groups is 1. The van der Waals surface area contributed by atoms with Crippen LogP contribution in [0.2, 0.25) is 0 Å². The van der Waals surface area contributed by atoms with Crippen molar-refractivity contribution < 1.29 is 9.21 Å². The van der Waals surface area contributed by atoms with Crippen LogP contribution in [-0.4, -0.2) is 16.1 Å². The topological polar surface area (TPSA) is 68.0 Å². The summed E-state index contributed by atoms with van der Waals surface area (Å²) >= 11 is 0. The van der Waals surface area contributed by atoms with Crippen LogP contribution in [-0.2, 0) is 4.79 Å². The second-order valence-corrected chi connectivity index (χ2v) is 3.47. The quantitative estimate of drug-likeness (QED) is 0.819. The minimum atomic E-state index is -0.254. The Kier molecular flexibility index (Phi) is 3.00. The number of aromatic nitrogens is 2. The van der Waals surface area contributed by atoms with Gasteiger partial charge in [0.15, 0.2) is 0 Å². The van der Waals surface area contributed by atoms with Crippen LogP contribution in [0.5, 0.6) is 0 Å². The number of benzene rings is 1. The van der Waals surface area contributed by atoms with E-state index in [4.69, 9.17) is 4.42 Å². The number of carbonyl (C=O) groups excluding carboxylic acids is 1. The minimum absolute atomic E-state index is 0.254. The van der Waals surface area contributed by atoms with Gasteiger partial charge >= 0.3 is 0 Å². The maximum Gasteiger partial charge on any atom is 0.247 e. The van der Waals surface area contributed by atoms with Gasteiger partial charge in [-0.3, -0.25) is 4.79 Å². The fourth-order valence-corrected chi connectivity index (χ4v) is 1.37. The minimum Gasteiger partial charge on any atom is -0.423 e. The Bertz CT molecular complexity index is 547. The number of nitrogens with one attached hydrogen (secondary N) is 1. The lowest BCUT2D eigenvalue weighted by atomic mass is 10.1. The number of anilines is 1. The van der Waals surface area contributed by atoms with Crippen LogP contribution in [0, 0.1) is 6.92 Å². The maximum atomic E-state index is 11.3. The average Bonchev–Trinajstić information content (AvgIpc) is 2.85. The molecular formula is C12H11N3O2. The highest BCUT2D eigenvalue weighted by molar-refractivity contribution is 5.99. The zero-order valence-corrected chi connectivity index (χ0v) is 9.30. The SMILES string of the molecule is C=CC(=O)Nc1cc(-c2nnco2)ccc1C. The monoisotopic (exact) mass is 229 g/mol. The second kappa shape index (κ2) is 4.61. The van der Waals surface area contributed by atoms with Crippen molar-refractivity contribution in [3.63, 3.8) is 0 Å². The predicted octanol–water partition coefficient (Wildman–Crippen LogP) is 2.17. The fourth-order valence-electron chi connectivity index (χ4n) is 1.37. The molecule has 0 aliphatic carbocycles. The Morgan fingerprint density at radius 3 is 3.00 bits per heavy atom. The molecule has 0 unspecified atom stereocenters. The molecule has 0 aliphatic rings. The van der Waals surface area contributed by atoms with Crippen molar-refractivity contribution in [2.24, 2.45) is 0 Å². The summed E-state index contributed by atoms with van der Waals surface area (Å²) in [4.78, 5) is 11.3. The first-order valence-corrected chi connectivity index (χ1v) is 5.01. The van der Waals surface area contributed by atoms with Gasteiger partial charge in [0.05, 0.1) is 0 Å². The lowest BCUT2D eigenvalue weighted by molar-refractivity contribution is -0.111.